The summed E-state index contributed by atoms with van der Waals surface area (Å²) in [5, 5.41) is 7.91. The first-order chi connectivity index (χ1) is 18.5. The van der Waals surface area contributed by atoms with Crippen molar-refractivity contribution in [1.82, 2.24) is 20.4 Å². The van der Waals surface area contributed by atoms with Crippen molar-refractivity contribution in [3.05, 3.63) is 0 Å². The summed E-state index contributed by atoms with van der Waals surface area (Å²) in [6, 6.07) is 0.535. The zero-order chi connectivity index (χ0) is 30.5. The van der Waals surface area contributed by atoms with E-state index in [9.17, 15) is 9.59 Å². The summed E-state index contributed by atoms with van der Waals surface area (Å²) in [4.78, 5) is 30.1. The molecule has 0 spiro atoms. The molecule has 2 rings (SSSR count). The predicted molar refractivity (Wildman–Crippen MR) is 169 cm³/mol. The van der Waals surface area contributed by atoms with Gasteiger partial charge in [0.25, 0.3) is 0 Å². The highest BCUT2D eigenvalue weighted by Gasteiger charge is 2.49. The van der Waals surface area contributed by atoms with Crippen LogP contribution in [0.5, 0.6) is 0 Å². The number of amides is 2. The van der Waals surface area contributed by atoms with Gasteiger partial charge in [-0.3, -0.25) is 9.59 Å². The van der Waals surface area contributed by atoms with Crippen LogP contribution in [-0.4, -0.2) is 68.9 Å². The van der Waals surface area contributed by atoms with Crippen molar-refractivity contribution in [2.24, 2.45) is 11.8 Å². The molecule has 2 aliphatic heterocycles. The van der Waals surface area contributed by atoms with Crippen molar-refractivity contribution in [3.63, 3.8) is 0 Å². The standard InChI is InChI=1S/C34H66N4O2/c1-13-31(9)23-29(25(5)33(11,15-3)35-31)37(27(7)39)21-19-17-18-20-22-38(28(8)40)30-24-32(10,14-2)36-34(12,16-4)26(30)6/h25-26,29-30,35-36H,13-24H2,1-12H3. The van der Waals surface area contributed by atoms with E-state index in [1.807, 2.05) is 0 Å². The summed E-state index contributed by atoms with van der Waals surface area (Å²) in [7, 11) is 0. The quantitative estimate of drug-likeness (QED) is 0.239. The maximum atomic E-state index is 12.9. The number of rotatable bonds is 13. The third kappa shape index (κ3) is 7.82. The molecule has 8 unspecified atom stereocenters. The van der Waals surface area contributed by atoms with Gasteiger partial charge in [-0.1, -0.05) is 54.4 Å². The maximum Gasteiger partial charge on any atom is 0.219 e. The summed E-state index contributed by atoms with van der Waals surface area (Å²) >= 11 is 0. The van der Waals surface area contributed by atoms with E-state index in [0.29, 0.717) is 11.8 Å². The number of piperidine rings is 2. The fourth-order valence-electron chi connectivity index (χ4n) is 7.91. The average molecular weight is 563 g/mol. The number of nitrogens with one attached hydrogen (secondary N) is 2. The van der Waals surface area contributed by atoms with Gasteiger partial charge in [0.1, 0.15) is 0 Å². The second kappa shape index (κ2) is 13.9. The summed E-state index contributed by atoms with van der Waals surface area (Å²) in [5.41, 5.74) is 0.175. The molecule has 2 N–H and O–H groups in total. The smallest absolute Gasteiger partial charge is 0.219 e. The minimum absolute atomic E-state index is 0.0327. The average Bonchev–Trinajstić information content (AvgIpc) is 2.90. The fraction of sp³-hybridized carbons (Fsp3) is 0.941. The van der Waals surface area contributed by atoms with Gasteiger partial charge in [-0.15, -0.1) is 0 Å². The van der Waals surface area contributed by atoms with Gasteiger partial charge in [-0.2, -0.15) is 0 Å². The highest BCUT2D eigenvalue weighted by molar-refractivity contribution is 5.74. The van der Waals surface area contributed by atoms with Crippen molar-refractivity contribution in [1.29, 1.82) is 0 Å². The SMILES string of the molecule is CCC1(C)CC(N(CCCCCCN(C(C)=O)C2CC(C)(CC)NC(C)(CC)C2C)C(C)=O)C(C)C(C)(CC)N1. The number of hydrogen-bond acceptors (Lipinski definition) is 4. The summed E-state index contributed by atoms with van der Waals surface area (Å²) in [6.45, 7) is 28.2. The lowest BCUT2D eigenvalue weighted by Crippen LogP contribution is -2.69. The Bertz CT molecular complexity index is 782. The van der Waals surface area contributed by atoms with Gasteiger partial charge < -0.3 is 20.4 Å². The molecule has 2 amide bonds. The molecule has 0 aromatic heterocycles. The molecular weight excluding hydrogens is 496 g/mol. The zero-order valence-corrected chi connectivity index (χ0v) is 28.5. The van der Waals surface area contributed by atoms with Crippen molar-refractivity contribution in [2.45, 2.75) is 182 Å². The normalized spacial score (nSPS) is 38.2. The van der Waals surface area contributed by atoms with Crippen molar-refractivity contribution < 1.29 is 9.59 Å². The van der Waals surface area contributed by atoms with Crippen LogP contribution in [0.3, 0.4) is 0 Å². The minimum atomic E-state index is 0.0327. The summed E-state index contributed by atoms with van der Waals surface area (Å²) < 4.78 is 0. The van der Waals surface area contributed by atoms with E-state index < -0.39 is 0 Å². The molecule has 0 aromatic carbocycles. The molecular formula is C34H66N4O2. The van der Waals surface area contributed by atoms with E-state index in [1.165, 1.54) is 0 Å². The Labute approximate surface area is 248 Å². The van der Waals surface area contributed by atoms with E-state index in [4.69, 9.17) is 0 Å². The van der Waals surface area contributed by atoms with Gasteiger partial charge in [0.15, 0.2) is 0 Å². The van der Waals surface area contributed by atoms with E-state index in [0.717, 1.165) is 77.3 Å². The molecule has 2 fully saturated rings. The fourth-order valence-corrected chi connectivity index (χ4v) is 7.91. The molecule has 0 saturated carbocycles. The second-order valence-electron chi connectivity index (χ2n) is 14.6. The Morgan fingerprint density at radius 2 is 0.950 bits per heavy atom. The molecule has 6 nitrogen and oxygen atoms in total. The first-order valence-electron chi connectivity index (χ1n) is 16.7. The van der Waals surface area contributed by atoms with Crippen molar-refractivity contribution in [3.8, 4) is 0 Å². The van der Waals surface area contributed by atoms with Crippen LogP contribution in [0.15, 0.2) is 0 Å². The number of carbonyl (C=O) groups excluding carboxylic acids is 2. The molecule has 2 aliphatic rings. The third-order valence-electron chi connectivity index (χ3n) is 11.8. The Morgan fingerprint density at radius 3 is 1.20 bits per heavy atom. The highest BCUT2D eigenvalue weighted by Crippen LogP contribution is 2.41. The van der Waals surface area contributed by atoms with Gasteiger partial charge in [-0.05, 0) is 90.9 Å². The van der Waals surface area contributed by atoms with Gasteiger partial charge in [0.2, 0.25) is 11.8 Å². The topological polar surface area (TPSA) is 64.7 Å². The monoisotopic (exact) mass is 563 g/mol. The van der Waals surface area contributed by atoms with Gasteiger partial charge >= 0.3 is 0 Å². The van der Waals surface area contributed by atoms with Crippen LogP contribution in [0.25, 0.3) is 0 Å². The van der Waals surface area contributed by atoms with E-state index in [1.54, 1.807) is 13.8 Å². The lowest BCUT2D eigenvalue weighted by Gasteiger charge is -2.56. The van der Waals surface area contributed by atoms with Crippen LogP contribution in [0, 0.1) is 11.8 Å². The summed E-state index contributed by atoms with van der Waals surface area (Å²) in [6.07, 6.45) is 10.5. The van der Waals surface area contributed by atoms with E-state index in [-0.39, 0.29) is 46.1 Å². The van der Waals surface area contributed by atoms with Crippen LogP contribution in [0.4, 0.5) is 0 Å². The maximum absolute atomic E-state index is 12.9. The number of nitrogens with zero attached hydrogens (tertiary/aromatic N) is 2. The molecule has 2 heterocycles. The van der Waals surface area contributed by atoms with Gasteiger partial charge in [0, 0.05) is 61.2 Å². The van der Waals surface area contributed by atoms with Crippen LogP contribution < -0.4 is 10.6 Å². The highest BCUT2D eigenvalue weighted by atomic mass is 16.2. The molecule has 234 valence electrons. The van der Waals surface area contributed by atoms with Gasteiger partial charge in [0.05, 0.1) is 0 Å². The van der Waals surface area contributed by atoms with Crippen molar-refractivity contribution in [2.75, 3.05) is 13.1 Å². The lowest BCUT2D eigenvalue weighted by molar-refractivity contribution is -0.136. The number of unbranched alkanes of at least 4 members (excludes halogenated alkanes) is 3. The van der Waals surface area contributed by atoms with Crippen LogP contribution in [0.1, 0.15) is 147 Å². The lowest BCUT2D eigenvalue weighted by atomic mass is 9.68. The molecule has 2 saturated heterocycles. The van der Waals surface area contributed by atoms with E-state index in [2.05, 4.69) is 89.7 Å². The van der Waals surface area contributed by atoms with Crippen LogP contribution in [-0.2, 0) is 9.59 Å². The molecule has 0 aromatic rings. The molecule has 6 heteroatoms. The second-order valence-corrected chi connectivity index (χ2v) is 14.6. The number of hydrogen-bond donors (Lipinski definition) is 2. The Morgan fingerprint density at radius 1 is 0.625 bits per heavy atom. The predicted octanol–water partition coefficient (Wildman–Crippen LogP) is 6.91. The Balaban J connectivity index is 1.99. The first kappa shape index (κ1) is 35.1. The first-order valence-corrected chi connectivity index (χ1v) is 16.7. The van der Waals surface area contributed by atoms with E-state index >= 15 is 0 Å². The molecule has 0 aliphatic carbocycles. The Hall–Kier alpha value is -1.14. The largest absolute Gasteiger partial charge is 0.340 e. The molecule has 0 bridgehead atoms. The minimum Gasteiger partial charge on any atom is -0.340 e. The zero-order valence-electron chi connectivity index (χ0n) is 28.5. The molecule has 8 atom stereocenters. The number of carbonyl (C=O) groups is 2. The van der Waals surface area contributed by atoms with Gasteiger partial charge in [-0.25, -0.2) is 0 Å². The molecule has 40 heavy (non-hydrogen) atoms. The molecule has 0 radical (unpaired) electrons. The van der Waals surface area contributed by atoms with Crippen LogP contribution in [0.2, 0.25) is 0 Å². The summed E-state index contributed by atoms with van der Waals surface area (Å²) in [5.74, 6) is 1.21. The Kier molecular flexibility index (Phi) is 12.2. The van der Waals surface area contributed by atoms with Crippen LogP contribution >= 0.6 is 0 Å². The van der Waals surface area contributed by atoms with Crippen molar-refractivity contribution >= 4 is 11.8 Å². The third-order valence-corrected chi connectivity index (χ3v) is 11.8.